The quantitative estimate of drug-likeness (QED) is 0.782. The van der Waals surface area contributed by atoms with E-state index in [-0.39, 0.29) is 11.1 Å². The minimum absolute atomic E-state index is 0.0143. The van der Waals surface area contributed by atoms with Crippen LogP contribution in [0.25, 0.3) is 0 Å². The van der Waals surface area contributed by atoms with Gasteiger partial charge in [-0.3, -0.25) is 0 Å². The second-order valence-electron chi connectivity index (χ2n) is 5.75. The molecule has 0 spiro atoms. The monoisotopic (exact) mass is 335 g/mol. The molecule has 0 radical (unpaired) electrons. The first-order valence-electron chi connectivity index (χ1n) is 7.83. The molecule has 0 saturated heterocycles. The van der Waals surface area contributed by atoms with E-state index in [9.17, 15) is 19.8 Å². The van der Waals surface area contributed by atoms with Gasteiger partial charge in [0.1, 0.15) is 0 Å². The van der Waals surface area contributed by atoms with Crippen molar-refractivity contribution < 1.29 is 19.8 Å². The van der Waals surface area contributed by atoms with Crippen molar-refractivity contribution in [1.29, 1.82) is 0 Å². The minimum Gasteiger partial charge on any atom is -0.478 e. The number of hydrogen-bond donors (Lipinski definition) is 3. The van der Waals surface area contributed by atoms with Crippen molar-refractivity contribution in [2.45, 2.75) is 12.3 Å². The molecular formula is C20H17NO4. The Bertz CT molecular complexity index is 854. The van der Waals surface area contributed by atoms with Crippen molar-refractivity contribution in [2.75, 3.05) is 0 Å². The number of nitrogens with one attached hydrogen (secondary N) is 1. The van der Waals surface area contributed by atoms with E-state index in [1.165, 1.54) is 6.20 Å². The molecule has 0 aromatic heterocycles. The zero-order valence-electron chi connectivity index (χ0n) is 13.3. The third-order valence-corrected chi connectivity index (χ3v) is 4.16. The molecule has 0 saturated carbocycles. The van der Waals surface area contributed by atoms with E-state index in [0.29, 0.717) is 17.7 Å². The third-order valence-electron chi connectivity index (χ3n) is 4.16. The van der Waals surface area contributed by atoms with Crippen LogP contribution in [0.2, 0.25) is 0 Å². The fourth-order valence-corrected chi connectivity index (χ4v) is 3.03. The van der Waals surface area contributed by atoms with Gasteiger partial charge < -0.3 is 15.5 Å². The highest BCUT2D eigenvalue weighted by atomic mass is 16.4. The number of rotatable bonds is 5. The number of allylic oxidation sites excluding steroid dienone is 1. The van der Waals surface area contributed by atoms with Crippen LogP contribution in [-0.4, -0.2) is 22.2 Å². The fraction of sp³-hybridized carbons (Fsp3) is 0.100. The van der Waals surface area contributed by atoms with Gasteiger partial charge in [-0.25, -0.2) is 9.59 Å². The van der Waals surface area contributed by atoms with Crippen molar-refractivity contribution >= 4 is 11.9 Å². The molecule has 126 valence electrons. The Morgan fingerprint density at radius 2 is 1.48 bits per heavy atom. The highest BCUT2D eigenvalue weighted by molar-refractivity contribution is 5.97. The number of aliphatic carboxylic acids is 2. The third kappa shape index (κ3) is 3.45. The molecule has 3 rings (SSSR count). The van der Waals surface area contributed by atoms with Gasteiger partial charge in [-0.2, -0.15) is 0 Å². The maximum Gasteiger partial charge on any atom is 0.334 e. The minimum atomic E-state index is -1.14. The zero-order chi connectivity index (χ0) is 17.8. The molecule has 1 aliphatic heterocycles. The van der Waals surface area contributed by atoms with Crippen LogP contribution in [0.5, 0.6) is 0 Å². The second kappa shape index (κ2) is 7.05. The van der Waals surface area contributed by atoms with Crippen molar-refractivity contribution in [3.8, 4) is 0 Å². The predicted molar refractivity (Wildman–Crippen MR) is 92.8 cm³/mol. The summed E-state index contributed by atoms with van der Waals surface area (Å²) in [4.78, 5) is 23.6. The molecule has 2 aromatic rings. The fourth-order valence-electron chi connectivity index (χ4n) is 3.03. The molecule has 1 atom stereocenters. The smallest absolute Gasteiger partial charge is 0.334 e. The topological polar surface area (TPSA) is 86.6 Å². The van der Waals surface area contributed by atoms with Crippen LogP contribution < -0.4 is 5.32 Å². The van der Waals surface area contributed by atoms with Crippen LogP contribution in [0.15, 0.2) is 83.7 Å². The molecule has 0 fully saturated rings. The van der Waals surface area contributed by atoms with Crippen molar-refractivity contribution in [3.63, 3.8) is 0 Å². The van der Waals surface area contributed by atoms with Crippen molar-refractivity contribution in [2.24, 2.45) is 0 Å². The van der Waals surface area contributed by atoms with Gasteiger partial charge in [0, 0.05) is 18.3 Å². The normalized spacial score (nSPS) is 16.8. The number of carbonyl (C=O) groups is 2. The van der Waals surface area contributed by atoms with Gasteiger partial charge in [0.15, 0.2) is 0 Å². The lowest BCUT2D eigenvalue weighted by Gasteiger charge is -2.27. The second-order valence-corrected chi connectivity index (χ2v) is 5.75. The van der Waals surface area contributed by atoms with Crippen LogP contribution in [0.3, 0.4) is 0 Å². The Balaban J connectivity index is 2.10. The van der Waals surface area contributed by atoms with Gasteiger partial charge in [-0.05, 0) is 11.1 Å². The number of hydrogen-bond acceptors (Lipinski definition) is 3. The highest BCUT2D eigenvalue weighted by Gasteiger charge is 2.35. The summed E-state index contributed by atoms with van der Waals surface area (Å²) in [6.07, 6.45) is 1.78. The van der Waals surface area contributed by atoms with E-state index in [2.05, 4.69) is 5.32 Å². The van der Waals surface area contributed by atoms with Crippen LogP contribution in [0.1, 0.15) is 17.0 Å². The molecule has 2 aromatic carbocycles. The summed E-state index contributed by atoms with van der Waals surface area (Å²) in [5.41, 5.74) is 2.16. The average molecular weight is 335 g/mol. The molecule has 0 amide bonds. The number of benzene rings is 2. The van der Waals surface area contributed by atoms with Crippen molar-refractivity contribution in [1.82, 2.24) is 5.32 Å². The molecule has 1 unspecified atom stereocenters. The van der Waals surface area contributed by atoms with Gasteiger partial charge in [0.25, 0.3) is 0 Å². The standard InChI is InChI=1S/C20H17NO4/c22-19(23)15-12-21-16(11-13-7-3-1-4-8-13)18(20(24)25)17(15)14-9-5-2-6-10-14/h1-10,12,17,21H,11H2,(H,22,23)(H,24,25). The van der Waals surface area contributed by atoms with Gasteiger partial charge in [-0.15, -0.1) is 0 Å². The molecule has 25 heavy (non-hydrogen) atoms. The zero-order valence-corrected chi connectivity index (χ0v) is 13.3. The SMILES string of the molecule is O=C(O)C1=CNC(Cc2ccccc2)=C(C(=O)O)C1c1ccccc1. The van der Waals surface area contributed by atoms with Crippen LogP contribution in [0, 0.1) is 0 Å². The summed E-state index contributed by atoms with van der Waals surface area (Å²) in [5, 5.41) is 22.2. The Labute approximate surface area is 144 Å². The Morgan fingerprint density at radius 3 is 2.04 bits per heavy atom. The van der Waals surface area contributed by atoms with E-state index in [4.69, 9.17) is 0 Å². The highest BCUT2D eigenvalue weighted by Crippen LogP contribution is 2.36. The van der Waals surface area contributed by atoms with Crippen LogP contribution in [-0.2, 0) is 16.0 Å². The lowest BCUT2D eigenvalue weighted by atomic mass is 9.81. The first-order chi connectivity index (χ1) is 12.1. The largest absolute Gasteiger partial charge is 0.478 e. The van der Waals surface area contributed by atoms with E-state index in [0.717, 1.165) is 5.56 Å². The maximum atomic E-state index is 12.0. The Hall–Kier alpha value is -3.34. The number of dihydropyridines is 1. The molecule has 0 aliphatic carbocycles. The molecule has 1 heterocycles. The van der Waals surface area contributed by atoms with Crippen molar-refractivity contribution in [3.05, 3.63) is 94.8 Å². The van der Waals surface area contributed by atoms with Crippen LogP contribution in [0.4, 0.5) is 0 Å². The molecule has 0 bridgehead atoms. The summed E-state index contributed by atoms with van der Waals surface area (Å²) >= 11 is 0. The number of carboxylic acid groups (broad SMARTS) is 2. The first kappa shape index (κ1) is 16.5. The van der Waals surface area contributed by atoms with E-state index in [1.54, 1.807) is 24.3 Å². The van der Waals surface area contributed by atoms with Gasteiger partial charge in [0.05, 0.1) is 17.1 Å². The van der Waals surface area contributed by atoms with Gasteiger partial charge in [0.2, 0.25) is 0 Å². The molecule has 5 heteroatoms. The van der Waals surface area contributed by atoms with E-state index >= 15 is 0 Å². The first-order valence-corrected chi connectivity index (χ1v) is 7.83. The number of carboxylic acids is 2. The summed E-state index contributed by atoms with van der Waals surface area (Å²) in [7, 11) is 0. The van der Waals surface area contributed by atoms with E-state index in [1.807, 2.05) is 36.4 Å². The molecule has 5 nitrogen and oxygen atoms in total. The van der Waals surface area contributed by atoms with Crippen LogP contribution >= 0.6 is 0 Å². The summed E-state index contributed by atoms with van der Waals surface area (Å²) in [6.45, 7) is 0. The lowest BCUT2D eigenvalue weighted by molar-refractivity contribution is -0.133. The summed E-state index contributed by atoms with van der Waals surface area (Å²) < 4.78 is 0. The molecule has 1 aliphatic rings. The molecular weight excluding hydrogens is 318 g/mol. The summed E-state index contributed by atoms with van der Waals surface area (Å²) in [6, 6.07) is 18.3. The molecule has 3 N–H and O–H groups in total. The Kier molecular flexibility index (Phi) is 4.66. The van der Waals surface area contributed by atoms with Gasteiger partial charge >= 0.3 is 11.9 Å². The lowest BCUT2D eigenvalue weighted by Crippen LogP contribution is -2.29. The Morgan fingerprint density at radius 1 is 0.880 bits per heavy atom. The average Bonchev–Trinajstić information content (AvgIpc) is 2.62. The van der Waals surface area contributed by atoms with Gasteiger partial charge in [-0.1, -0.05) is 60.7 Å². The summed E-state index contributed by atoms with van der Waals surface area (Å²) in [5.74, 6) is -3.09. The van der Waals surface area contributed by atoms with E-state index < -0.39 is 17.9 Å². The maximum absolute atomic E-state index is 12.0. The predicted octanol–water partition coefficient (Wildman–Crippen LogP) is 2.92.